The van der Waals surface area contributed by atoms with Crippen molar-refractivity contribution in [3.05, 3.63) is 59.7 Å². The first-order valence-corrected chi connectivity index (χ1v) is 7.00. The zero-order valence-electron chi connectivity index (χ0n) is 11.1. The van der Waals surface area contributed by atoms with Crippen LogP contribution in [0.1, 0.15) is 28.8 Å². The van der Waals surface area contributed by atoms with Crippen LogP contribution >= 0.6 is 0 Å². The van der Waals surface area contributed by atoms with Crippen LogP contribution in [0.25, 0.3) is 32.3 Å². The quantitative estimate of drug-likeness (QED) is 0.410. The van der Waals surface area contributed by atoms with Gasteiger partial charge in [0.05, 0.1) is 0 Å². The largest absolute Gasteiger partial charge is 0.293 e. The predicted octanol–water partition coefficient (Wildman–Crippen LogP) is 4.88. The molecule has 4 aromatic carbocycles. The summed E-state index contributed by atoms with van der Waals surface area (Å²) in [5, 5.41) is 7.42. The molecule has 0 spiro atoms. The molecule has 94 valence electrons. The van der Waals surface area contributed by atoms with Gasteiger partial charge in [0, 0.05) is 11.5 Å². The van der Waals surface area contributed by atoms with Crippen molar-refractivity contribution in [1.29, 1.82) is 0 Å². The lowest BCUT2D eigenvalue weighted by Gasteiger charge is -2.12. The highest BCUT2D eigenvalue weighted by Crippen LogP contribution is 2.44. The maximum atomic E-state index is 12.5. The molecule has 0 amide bonds. The first kappa shape index (κ1) is 10.4. The molecule has 0 bridgehead atoms. The monoisotopic (exact) mass is 256 g/mol. The number of hydrogen-bond donors (Lipinski definition) is 0. The zero-order valence-corrected chi connectivity index (χ0v) is 11.1. The van der Waals surface area contributed by atoms with E-state index in [2.05, 4.69) is 48.5 Å². The third-order valence-electron chi connectivity index (χ3n) is 4.79. The summed E-state index contributed by atoms with van der Waals surface area (Å²) < 4.78 is 0. The average molecular weight is 256 g/mol. The van der Waals surface area contributed by atoms with Gasteiger partial charge < -0.3 is 0 Å². The van der Waals surface area contributed by atoms with Crippen molar-refractivity contribution in [2.45, 2.75) is 12.8 Å². The van der Waals surface area contributed by atoms with E-state index in [1.807, 2.05) is 6.92 Å². The van der Waals surface area contributed by atoms with Crippen LogP contribution in [0.15, 0.2) is 48.5 Å². The topological polar surface area (TPSA) is 17.1 Å². The Morgan fingerprint density at radius 2 is 1.50 bits per heavy atom. The molecule has 0 radical (unpaired) electrons. The molecule has 1 nitrogen and oxygen atoms in total. The van der Waals surface area contributed by atoms with E-state index in [1.165, 1.54) is 37.9 Å². The van der Waals surface area contributed by atoms with Crippen LogP contribution in [0.3, 0.4) is 0 Å². The maximum Gasteiger partial charge on any atom is 0.170 e. The molecule has 4 aromatic rings. The van der Waals surface area contributed by atoms with Gasteiger partial charge in [-0.1, -0.05) is 49.4 Å². The molecular weight excluding hydrogens is 244 g/mol. The number of ketones is 1. The highest BCUT2D eigenvalue weighted by atomic mass is 16.1. The van der Waals surface area contributed by atoms with E-state index in [4.69, 9.17) is 0 Å². The molecule has 1 heteroatoms. The summed E-state index contributed by atoms with van der Waals surface area (Å²) in [6, 6.07) is 17.0. The minimum atomic E-state index is -0.00906. The van der Waals surface area contributed by atoms with Crippen LogP contribution in [0.4, 0.5) is 0 Å². The highest BCUT2D eigenvalue weighted by molar-refractivity contribution is 6.31. The van der Waals surface area contributed by atoms with Crippen molar-refractivity contribution in [2.75, 3.05) is 0 Å². The van der Waals surface area contributed by atoms with E-state index in [9.17, 15) is 4.79 Å². The maximum absolute atomic E-state index is 12.5. The number of hydrogen-bond acceptors (Lipinski definition) is 1. The van der Waals surface area contributed by atoms with Gasteiger partial charge in [-0.3, -0.25) is 4.79 Å². The fraction of sp³-hybridized carbons (Fsp3) is 0.105. The Kier molecular flexibility index (Phi) is 1.65. The molecule has 1 aliphatic rings. The summed E-state index contributed by atoms with van der Waals surface area (Å²) in [6.07, 6.45) is 0. The molecule has 0 saturated heterocycles. The van der Waals surface area contributed by atoms with Gasteiger partial charge in [0.25, 0.3) is 0 Å². The minimum Gasteiger partial charge on any atom is -0.293 e. The van der Waals surface area contributed by atoms with Crippen molar-refractivity contribution in [3.8, 4) is 0 Å². The summed E-state index contributed by atoms with van der Waals surface area (Å²) in [7, 11) is 0. The van der Waals surface area contributed by atoms with Crippen molar-refractivity contribution < 1.29 is 4.79 Å². The van der Waals surface area contributed by atoms with Crippen molar-refractivity contribution in [1.82, 2.24) is 0 Å². The molecule has 0 aromatic heterocycles. The molecule has 0 heterocycles. The minimum absolute atomic E-state index is 0.00906. The standard InChI is InChI=1S/C19H12O/c1-10-14-8-7-12-6-5-11-3-2-4-13-9-15(19(10)20)18(14)17(12)16(11)13/h2-10H,1H3. The number of rotatable bonds is 0. The predicted molar refractivity (Wildman–Crippen MR) is 82.9 cm³/mol. The average Bonchev–Trinajstić information content (AvgIpc) is 2.73. The molecule has 20 heavy (non-hydrogen) atoms. The van der Waals surface area contributed by atoms with E-state index in [1.54, 1.807) is 0 Å². The fourth-order valence-electron chi connectivity index (χ4n) is 3.81. The van der Waals surface area contributed by atoms with Gasteiger partial charge in [-0.15, -0.1) is 0 Å². The molecule has 0 fully saturated rings. The van der Waals surface area contributed by atoms with Crippen LogP contribution in [0.2, 0.25) is 0 Å². The Morgan fingerprint density at radius 3 is 2.35 bits per heavy atom. The highest BCUT2D eigenvalue weighted by Gasteiger charge is 2.30. The molecule has 0 N–H and O–H groups in total. The number of carbonyl (C=O) groups is 1. The molecule has 1 aliphatic carbocycles. The summed E-state index contributed by atoms with van der Waals surface area (Å²) in [5.74, 6) is 0.254. The van der Waals surface area contributed by atoms with Crippen LogP contribution in [-0.4, -0.2) is 5.78 Å². The molecule has 0 saturated carbocycles. The first-order valence-electron chi connectivity index (χ1n) is 7.00. The number of carbonyl (C=O) groups excluding carboxylic acids is 1. The molecule has 5 rings (SSSR count). The van der Waals surface area contributed by atoms with Gasteiger partial charge in [0.1, 0.15) is 0 Å². The van der Waals surface area contributed by atoms with Gasteiger partial charge in [-0.25, -0.2) is 0 Å². The summed E-state index contributed by atoms with van der Waals surface area (Å²) in [4.78, 5) is 12.5. The van der Waals surface area contributed by atoms with E-state index < -0.39 is 0 Å². The van der Waals surface area contributed by atoms with E-state index >= 15 is 0 Å². The van der Waals surface area contributed by atoms with Crippen LogP contribution in [0.5, 0.6) is 0 Å². The van der Waals surface area contributed by atoms with Crippen LogP contribution in [-0.2, 0) is 0 Å². The number of Topliss-reactive ketones (excluding diaryl/α,β-unsaturated/α-hetero) is 1. The SMILES string of the molecule is CC1C(=O)c2cc3cccc4ccc5ccc1c2c5c43. The second-order valence-electron chi connectivity index (χ2n) is 5.78. The van der Waals surface area contributed by atoms with Gasteiger partial charge in [0.15, 0.2) is 5.78 Å². The Hall–Kier alpha value is -2.41. The molecule has 0 aliphatic heterocycles. The second-order valence-corrected chi connectivity index (χ2v) is 5.78. The molecule has 1 atom stereocenters. The fourth-order valence-corrected chi connectivity index (χ4v) is 3.81. The first-order chi connectivity index (χ1) is 9.75. The van der Waals surface area contributed by atoms with Gasteiger partial charge in [0.2, 0.25) is 0 Å². The van der Waals surface area contributed by atoms with Gasteiger partial charge >= 0.3 is 0 Å². The Labute approximate surface area is 116 Å². The second kappa shape index (κ2) is 3.18. The lowest BCUT2D eigenvalue weighted by atomic mass is 9.91. The lowest BCUT2D eigenvalue weighted by molar-refractivity contribution is 0.0974. The summed E-state index contributed by atoms with van der Waals surface area (Å²) >= 11 is 0. The van der Waals surface area contributed by atoms with E-state index in [-0.39, 0.29) is 11.7 Å². The van der Waals surface area contributed by atoms with Crippen molar-refractivity contribution in [3.63, 3.8) is 0 Å². The summed E-state index contributed by atoms with van der Waals surface area (Å²) in [5.41, 5.74) is 2.10. The van der Waals surface area contributed by atoms with Gasteiger partial charge in [-0.2, -0.15) is 0 Å². The summed E-state index contributed by atoms with van der Waals surface area (Å²) in [6.45, 7) is 2.02. The normalized spacial score (nSPS) is 17.9. The Balaban J connectivity index is 2.23. The smallest absolute Gasteiger partial charge is 0.170 e. The van der Waals surface area contributed by atoms with E-state index in [0.717, 1.165) is 5.56 Å². The zero-order chi connectivity index (χ0) is 13.4. The lowest BCUT2D eigenvalue weighted by Crippen LogP contribution is -2.00. The molecule has 1 unspecified atom stereocenters. The van der Waals surface area contributed by atoms with E-state index in [0.29, 0.717) is 0 Å². The Bertz CT molecular complexity index is 1030. The third-order valence-corrected chi connectivity index (χ3v) is 4.79. The van der Waals surface area contributed by atoms with Crippen molar-refractivity contribution in [2.24, 2.45) is 0 Å². The van der Waals surface area contributed by atoms with Crippen LogP contribution < -0.4 is 0 Å². The molecular formula is C19H12O. The van der Waals surface area contributed by atoms with Crippen molar-refractivity contribution >= 4 is 38.1 Å². The Morgan fingerprint density at radius 1 is 0.800 bits per heavy atom. The third kappa shape index (κ3) is 1.00. The van der Waals surface area contributed by atoms with Crippen LogP contribution in [0, 0.1) is 0 Å². The van der Waals surface area contributed by atoms with Gasteiger partial charge in [-0.05, 0) is 43.9 Å². The number of benzene rings is 4.